The first-order valence-corrected chi connectivity index (χ1v) is 6.22. The number of hydrogen-bond acceptors (Lipinski definition) is 4. The standard InChI is InChI=1S/C10H12O5S/c1-7-8(10(12)13)3-2-4-9(7)16(14,15)6-5-11/h2-4,11H,5-6H2,1H3,(H,12,13). The van der Waals surface area contributed by atoms with E-state index in [2.05, 4.69) is 0 Å². The number of aromatic carboxylic acids is 1. The Kier molecular flexibility index (Phi) is 3.66. The van der Waals surface area contributed by atoms with Crippen LogP contribution in [0.1, 0.15) is 15.9 Å². The predicted molar refractivity (Wildman–Crippen MR) is 57.3 cm³/mol. The van der Waals surface area contributed by atoms with Gasteiger partial charge in [0.1, 0.15) is 0 Å². The maximum absolute atomic E-state index is 11.7. The molecule has 0 unspecified atom stereocenters. The molecule has 1 aromatic carbocycles. The first-order chi connectivity index (χ1) is 7.40. The van der Waals surface area contributed by atoms with Crippen LogP contribution in [0.3, 0.4) is 0 Å². The third-order valence-corrected chi connectivity index (χ3v) is 4.04. The zero-order chi connectivity index (χ0) is 12.3. The van der Waals surface area contributed by atoms with Crippen molar-refractivity contribution in [3.05, 3.63) is 29.3 Å². The van der Waals surface area contributed by atoms with Crippen LogP contribution >= 0.6 is 0 Å². The van der Waals surface area contributed by atoms with E-state index in [0.29, 0.717) is 0 Å². The summed E-state index contributed by atoms with van der Waals surface area (Å²) in [5, 5.41) is 17.5. The van der Waals surface area contributed by atoms with Crippen molar-refractivity contribution < 1.29 is 23.4 Å². The average molecular weight is 244 g/mol. The summed E-state index contributed by atoms with van der Waals surface area (Å²) in [6, 6.07) is 4.06. The molecule has 0 atom stereocenters. The second-order valence-electron chi connectivity index (χ2n) is 3.28. The first-order valence-electron chi connectivity index (χ1n) is 4.56. The Morgan fingerprint density at radius 2 is 2.00 bits per heavy atom. The highest BCUT2D eigenvalue weighted by Crippen LogP contribution is 2.20. The fourth-order valence-corrected chi connectivity index (χ4v) is 2.74. The van der Waals surface area contributed by atoms with Gasteiger partial charge in [-0.3, -0.25) is 0 Å². The van der Waals surface area contributed by atoms with Gasteiger partial charge in [-0.05, 0) is 24.6 Å². The van der Waals surface area contributed by atoms with Crippen molar-refractivity contribution in [1.82, 2.24) is 0 Å². The number of carboxylic acids is 1. The number of aliphatic hydroxyl groups is 1. The van der Waals surface area contributed by atoms with Crippen LogP contribution in [0, 0.1) is 6.92 Å². The maximum atomic E-state index is 11.7. The molecule has 0 radical (unpaired) electrons. The number of hydrogen-bond donors (Lipinski definition) is 2. The van der Waals surface area contributed by atoms with Crippen molar-refractivity contribution >= 4 is 15.8 Å². The topological polar surface area (TPSA) is 91.7 Å². The van der Waals surface area contributed by atoms with Gasteiger partial charge in [0.05, 0.1) is 22.8 Å². The molecule has 0 bridgehead atoms. The molecule has 0 aliphatic heterocycles. The van der Waals surface area contributed by atoms with Crippen LogP contribution in [0.2, 0.25) is 0 Å². The normalized spacial score (nSPS) is 11.4. The molecule has 0 saturated carbocycles. The molecule has 0 saturated heterocycles. The summed E-state index contributed by atoms with van der Waals surface area (Å²) < 4.78 is 23.3. The molecule has 0 aromatic heterocycles. The Morgan fingerprint density at radius 1 is 1.38 bits per heavy atom. The summed E-state index contributed by atoms with van der Waals surface area (Å²) in [6.45, 7) is 0.951. The van der Waals surface area contributed by atoms with Gasteiger partial charge in [-0.25, -0.2) is 13.2 Å². The van der Waals surface area contributed by atoms with E-state index < -0.39 is 28.2 Å². The van der Waals surface area contributed by atoms with Gasteiger partial charge in [0.15, 0.2) is 9.84 Å². The molecule has 1 rings (SSSR count). The molecule has 0 aliphatic carbocycles. The van der Waals surface area contributed by atoms with Gasteiger partial charge >= 0.3 is 5.97 Å². The lowest BCUT2D eigenvalue weighted by molar-refractivity contribution is 0.0696. The Balaban J connectivity index is 3.37. The molecule has 6 heteroatoms. The lowest BCUT2D eigenvalue weighted by Crippen LogP contribution is -2.13. The van der Waals surface area contributed by atoms with Gasteiger partial charge in [0.2, 0.25) is 0 Å². The summed E-state index contributed by atoms with van der Waals surface area (Å²) >= 11 is 0. The fraction of sp³-hybridized carbons (Fsp3) is 0.300. The number of carbonyl (C=O) groups is 1. The van der Waals surface area contributed by atoms with Crippen molar-refractivity contribution in [2.45, 2.75) is 11.8 Å². The summed E-state index contributed by atoms with van der Waals surface area (Å²) in [7, 11) is -3.61. The van der Waals surface area contributed by atoms with E-state index in [-0.39, 0.29) is 16.0 Å². The average Bonchev–Trinajstić information content (AvgIpc) is 2.17. The number of sulfone groups is 1. The minimum Gasteiger partial charge on any atom is -0.478 e. The van der Waals surface area contributed by atoms with Crippen LogP contribution < -0.4 is 0 Å². The molecular weight excluding hydrogens is 232 g/mol. The Labute approximate surface area is 93.3 Å². The van der Waals surface area contributed by atoms with E-state index in [0.717, 1.165) is 0 Å². The maximum Gasteiger partial charge on any atom is 0.335 e. The smallest absolute Gasteiger partial charge is 0.335 e. The van der Waals surface area contributed by atoms with Crippen LogP contribution in [-0.4, -0.2) is 37.0 Å². The van der Waals surface area contributed by atoms with Crippen molar-refractivity contribution in [2.75, 3.05) is 12.4 Å². The highest BCUT2D eigenvalue weighted by Gasteiger charge is 2.19. The first kappa shape index (κ1) is 12.7. The lowest BCUT2D eigenvalue weighted by atomic mass is 10.1. The SMILES string of the molecule is Cc1c(C(=O)O)cccc1S(=O)(=O)CCO. The molecule has 0 fully saturated rings. The van der Waals surface area contributed by atoms with E-state index in [9.17, 15) is 13.2 Å². The zero-order valence-electron chi connectivity index (χ0n) is 8.67. The summed E-state index contributed by atoms with van der Waals surface area (Å²) in [5.74, 6) is -1.57. The molecule has 2 N–H and O–H groups in total. The van der Waals surface area contributed by atoms with E-state index in [4.69, 9.17) is 10.2 Å². The second kappa shape index (κ2) is 4.63. The number of rotatable bonds is 4. The van der Waals surface area contributed by atoms with Crippen LogP contribution in [0.25, 0.3) is 0 Å². The third-order valence-electron chi connectivity index (χ3n) is 2.21. The van der Waals surface area contributed by atoms with Gasteiger partial charge < -0.3 is 10.2 Å². The summed E-state index contributed by atoms with van der Waals surface area (Å²) in [6.07, 6.45) is 0. The molecule has 0 heterocycles. The molecule has 5 nitrogen and oxygen atoms in total. The van der Waals surface area contributed by atoms with Crippen LogP contribution in [0.15, 0.2) is 23.1 Å². The van der Waals surface area contributed by atoms with Crippen molar-refractivity contribution in [3.8, 4) is 0 Å². The van der Waals surface area contributed by atoms with Crippen molar-refractivity contribution in [1.29, 1.82) is 0 Å². The predicted octanol–water partition coefficient (Wildman–Crippen LogP) is 0.459. The zero-order valence-corrected chi connectivity index (χ0v) is 9.49. The highest BCUT2D eigenvalue weighted by molar-refractivity contribution is 7.91. The largest absolute Gasteiger partial charge is 0.478 e. The van der Waals surface area contributed by atoms with Crippen molar-refractivity contribution in [3.63, 3.8) is 0 Å². The van der Waals surface area contributed by atoms with Gasteiger partial charge in [0, 0.05) is 0 Å². The number of aliphatic hydroxyl groups excluding tert-OH is 1. The van der Waals surface area contributed by atoms with E-state index in [1.54, 1.807) is 0 Å². The molecule has 16 heavy (non-hydrogen) atoms. The minimum atomic E-state index is -3.61. The number of benzene rings is 1. The van der Waals surface area contributed by atoms with Gasteiger partial charge in [0.25, 0.3) is 0 Å². The van der Waals surface area contributed by atoms with E-state index in [1.165, 1.54) is 25.1 Å². The van der Waals surface area contributed by atoms with Gasteiger partial charge in [-0.15, -0.1) is 0 Å². The molecule has 88 valence electrons. The lowest BCUT2D eigenvalue weighted by Gasteiger charge is -2.08. The van der Waals surface area contributed by atoms with Gasteiger partial charge in [-0.2, -0.15) is 0 Å². The van der Waals surface area contributed by atoms with E-state index in [1.807, 2.05) is 0 Å². The fourth-order valence-electron chi connectivity index (χ4n) is 1.41. The number of carboxylic acid groups (broad SMARTS) is 1. The molecule has 1 aromatic rings. The van der Waals surface area contributed by atoms with Crippen molar-refractivity contribution in [2.24, 2.45) is 0 Å². The van der Waals surface area contributed by atoms with Crippen LogP contribution in [-0.2, 0) is 9.84 Å². The Morgan fingerprint density at radius 3 is 2.50 bits per heavy atom. The van der Waals surface area contributed by atoms with E-state index >= 15 is 0 Å². The quantitative estimate of drug-likeness (QED) is 0.802. The summed E-state index contributed by atoms with van der Waals surface area (Å²) in [5.41, 5.74) is 0.155. The Bertz CT molecular complexity index is 504. The minimum absolute atomic E-state index is 0.0403. The molecule has 0 spiro atoms. The highest BCUT2D eigenvalue weighted by atomic mass is 32.2. The van der Waals surface area contributed by atoms with Crippen LogP contribution in [0.4, 0.5) is 0 Å². The molecule has 0 amide bonds. The third kappa shape index (κ3) is 2.40. The monoisotopic (exact) mass is 244 g/mol. The summed E-state index contributed by atoms with van der Waals surface area (Å²) in [4.78, 5) is 10.8. The Hall–Kier alpha value is -1.40. The van der Waals surface area contributed by atoms with Gasteiger partial charge in [-0.1, -0.05) is 6.07 Å². The second-order valence-corrected chi connectivity index (χ2v) is 5.35. The van der Waals surface area contributed by atoms with Crippen LogP contribution in [0.5, 0.6) is 0 Å². The molecule has 0 aliphatic rings. The molecular formula is C10H12O5S.